The molecule has 0 aromatic heterocycles. The highest BCUT2D eigenvalue weighted by Crippen LogP contribution is 2.30. The van der Waals surface area contributed by atoms with E-state index in [-0.39, 0.29) is 4.90 Å². The van der Waals surface area contributed by atoms with Crippen LogP contribution < -0.4 is 9.46 Å². The predicted molar refractivity (Wildman–Crippen MR) is 100 cm³/mol. The van der Waals surface area contributed by atoms with Crippen molar-refractivity contribution >= 4 is 15.7 Å². The molecule has 0 saturated heterocycles. The molecule has 0 heterocycles. The summed E-state index contributed by atoms with van der Waals surface area (Å²) in [5.74, 6) is 0.585. The minimum Gasteiger partial charge on any atom is -0.497 e. The molecule has 5 nitrogen and oxygen atoms in total. The fourth-order valence-corrected chi connectivity index (χ4v) is 3.59. The summed E-state index contributed by atoms with van der Waals surface area (Å²) < 4.78 is 33.1. The second-order valence-corrected chi connectivity index (χ2v) is 7.20. The zero-order chi connectivity index (χ0) is 18.6. The summed E-state index contributed by atoms with van der Waals surface area (Å²) in [6, 6.07) is 22.4. The van der Waals surface area contributed by atoms with E-state index in [2.05, 4.69) is 10.8 Å². The highest BCUT2D eigenvalue weighted by molar-refractivity contribution is 7.92. The van der Waals surface area contributed by atoms with Crippen molar-refractivity contribution < 1.29 is 13.2 Å². The summed E-state index contributed by atoms with van der Waals surface area (Å²) in [7, 11) is -2.22. The van der Waals surface area contributed by atoms with Crippen molar-refractivity contribution in [1.82, 2.24) is 0 Å². The van der Waals surface area contributed by atoms with E-state index in [1.807, 2.05) is 12.1 Å². The van der Waals surface area contributed by atoms with E-state index in [1.165, 1.54) is 19.2 Å². The molecule has 3 rings (SSSR count). The molecule has 0 atom stereocenters. The summed E-state index contributed by atoms with van der Waals surface area (Å²) in [6.07, 6.45) is 0. The molecule has 3 aromatic carbocycles. The van der Waals surface area contributed by atoms with Crippen LogP contribution in [-0.2, 0) is 10.0 Å². The SMILES string of the molecule is COc1ccc(S(=O)(=O)Nc2ccccc2-c2ccc(C#N)cc2)cc1. The molecule has 0 aliphatic rings. The van der Waals surface area contributed by atoms with Gasteiger partial charge in [0.1, 0.15) is 5.75 Å². The van der Waals surface area contributed by atoms with Crippen LogP contribution in [0.5, 0.6) is 5.75 Å². The molecule has 1 N–H and O–H groups in total. The monoisotopic (exact) mass is 364 g/mol. The van der Waals surface area contributed by atoms with Crippen molar-refractivity contribution in [2.45, 2.75) is 4.90 Å². The number of methoxy groups -OCH3 is 1. The Hall–Kier alpha value is -3.30. The molecule has 0 unspecified atom stereocenters. The lowest BCUT2D eigenvalue weighted by atomic mass is 10.0. The summed E-state index contributed by atoms with van der Waals surface area (Å²) in [6.45, 7) is 0. The van der Waals surface area contributed by atoms with Crippen LogP contribution in [0.2, 0.25) is 0 Å². The molecule has 0 amide bonds. The van der Waals surface area contributed by atoms with Gasteiger partial charge in [-0.15, -0.1) is 0 Å². The van der Waals surface area contributed by atoms with Crippen LogP contribution in [0.25, 0.3) is 11.1 Å². The number of nitrogens with zero attached hydrogens (tertiary/aromatic N) is 1. The number of nitriles is 1. The van der Waals surface area contributed by atoms with E-state index in [0.717, 1.165) is 11.1 Å². The van der Waals surface area contributed by atoms with Crippen molar-refractivity contribution in [3.05, 3.63) is 78.4 Å². The third-order valence-corrected chi connectivity index (χ3v) is 5.25. The van der Waals surface area contributed by atoms with Crippen molar-refractivity contribution in [2.24, 2.45) is 0 Å². The van der Waals surface area contributed by atoms with Gasteiger partial charge in [-0.05, 0) is 48.0 Å². The van der Waals surface area contributed by atoms with Gasteiger partial charge in [-0.3, -0.25) is 4.72 Å². The zero-order valence-corrected chi connectivity index (χ0v) is 14.8. The van der Waals surface area contributed by atoms with Crippen LogP contribution in [0.1, 0.15) is 5.56 Å². The van der Waals surface area contributed by atoms with Gasteiger partial charge in [0.25, 0.3) is 10.0 Å². The van der Waals surface area contributed by atoms with Crippen LogP contribution in [0, 0.1) is 11.3 Å². The first-order chi connectivity index (χ1) is 12.5. The molecule has 0 aliphatic heterocycles. The number of anilines is 1. The standard InChI is InChI=1S/C20H16N2O3S/c1-25-17-10-12-18(13-11-17)26(23,24)22-20-5-3-2-4-19(20)16-8-6-15(14-21)7-9-16/h2-13,22H,1H3. The first-order valence-electron chi connectivity index (χ1n) is 7.80. The Kier molecular flexibility index (Phi) is 4.92. The number of benzene rings is 3. The van der Waals surface area contributed by atoms with Gasteiger partial charge in [0.05, 0.1) is 29.3 Å². The van der Waals surface area contributed by atoms with Gasteiger partial charge in [0, 0.05) is 5.56 Å². The maximum absolute atomic E-state index is 12.7. The smallest absolute Gasteiger partial charge is 0.261 e. The first-order valence-corrected chi connectivity index (χ1v) is 9.28. The average Bonchev–Trinajstić information content (AvgIpc) is 2.68. The number of hydrogen-bond donors (Lipinski definition) is 1. The Balaban J connectivity index is 1.95. The molecular formula is C20H16N2O3S. The molecule has 0 fully saturated rings. The number of sulfonamides is 1. The topological polar surface area (TPSA) is 79.2 Å². The fourth-order valence-electron chi connectivity index (χ4n) is 2.51. The van der Waals surface area contributed by atoms with Crippen molar-refractivity contribution in [2.75, 3.05) is 11.8 Å². The van der Waals surface area contributed by atoms with Gasteiger partial charge in [0.2, 0.25) is 0 Å². The lowest BCUT2D eigenvalue weighted by molar-refractivity contribution is 0.414. The van der Waals surface area contributed by atoms with Crippen molar-refractivity contribution in [1.29, 1.82) is 5.26 Å². The fraction of sp³-hybridized carbons (Fsp3) is 0.0500. The van der Waals surface area contributed by atoms with E-state index in [1.54, 1.807) is 48.5 Å². The molecule has 26 heavy (non-hydrogen) atoms. The third-order valence-electron chi connectivity index (χ3n) is 3.87. The Morgan fingerprint density at radius 2 is 1.58 bits per heavy atom. The van der Waals surface area contributed by atoms with E-state index in [4.69, 9.17) is 10.00 Å². The minimum absolute atomic E-state index is 0.146. The Morgan fingerprint density at radius 3 is 2.19 bits per heavy atom. The quantitative estimate of drug-likeness (QED) is 0.741. The number of nitrogens with one attached hydrogen (secondary N) is 1. The van der Waals surface area contributed by atoms with Gasteiger partial charge in [0.15, 0.2) is 0 Å². The van der Waals surface area contributed by atoms with E-state index in [9.17, 15) is 8.42 Å². The van der Waals surface area contributed by atoms with Gasteiger partial charge in [-0.1, -0.05) is 30.3 Å². The van der Waals surface area contributed by atoms with Crippen molar-refractivity contribution in [3.8, 4) is 22.9 Å². The Labute approximate surface area is 152 Å². The number of para-hydroxylation sites is 1. The average molecular weight is 364 g/mol. The summed E-state index contributed by atoms with van der Waals surface area (Å²) in [5.41, 5.74) is 2.56. The molecule has 0 bridgehead atoms. The second kappa shape index (κ2) is 7.30. The summed E-state index contributed by atoms with van der Waals surface area (Å²) >= 11 is 0. The molecule has 0 radical (unpaired) electrons. The van der Waals surface area contributed by atoms with Crippen LogP contribution in [0.15, 0.2) is 77.7 Å². The highest BCUT2D eigenvalue weighted by Gasteiger charge is 2.16. The van der Waals surface area contributed by atoms with Crippen LogP contribution in [0.3, 0.4) is 0 Å². The molecule has 0 aliphatic carbocycles. The first kappa shape index (κ1) is 17.5. The van der Waals surface area contributed by atoms with Crippen LogP contribution >= 0.6 is 0 Å². The summed E-state index contributed by atoms with van der Waals surface area (Å²) in [4.78, 5) is 0.146. The van der Waals surface area contributed by atoms with Gasteiger partial charge in [-0.25, -0.2) is 8.42 Å². The van der Waals surface area contributed by atoms with E-state index >= 15 is 0 Å². The lowest BCUT2D eigenvalue weighted by Crippen LogP contribution is -2.13. The summed E-state index contributed by atoms with van der Waals surface area (Å²) in [5, 5.41) is 8.92. The number of rotatable bonds is 5. The van der Waals surface area contributed by atoms with E-state index in [0.29, 0.717) is 17.0 Å². The second-order valence-electron chi connectivity index (χ2n) is 5.52. The molecule has 3 aromatic rings. The normalized spacial score (nSPS) is 10.8. The molecule has 6 heteroatoms. The third kappa shape index (κ3) is 3.68. The molecule has 0 spiro atoms. The predicted octanol–water partition coefficient (Wildman–Crippen LogP) is 4.03. The van der Waals surface area contributed by atoms with Crippen molar-refractivity contribution in [3.63, 3.8) is 0 Å². The Bertz CT molecular complexity index is 1050. The molecule has 0 saturated carbocycles. The van der Waals surface area contributed by atoms with Gasteiger partial charge < -0.3 is 4.74 Å². The number of hydrogen-bond acceptors (Lipinski definition) is 4. The van der Waals surface area contributed by atoms with Crippen LogP contribution in [0.4, 0.5) is 5.69 Å². The maximum Gasteiger partial charge on any atom is 0.261 e. The van der Waals surface area contributed by atoms with Gasteiger partial charge >= 0.3 is 0 Å². The Morgan fingerprint density at radius 1 is 0.923 bits per heavy atom. The number of ether oxygens (including phenoxy) is 1. The zero-order valence-electron chi connectivity index (χ0n) is 14.0. The van der Waals surface area contributed by atoms with Gasteiger partial charge in [-0.2, -0.15) is 5.26 Å². The molecular weight excluding hydrogens is 348 g/mol. The minimum atomic E-state index is -3.74. The van der Waals surface area contributed by atoms with Crippen LogP contribution in [-0.4, -0.2) is 15.5 Å². The highest BCUT2D eigenvalue weighted by atomic mass is 32.2. The molecule has 130 valence electrons. The van der Waals surface area contributed by atoms with E-state index < -0.39 is 10.0 Å². The largest absolute Gasteiger partial charge is 0.497 e. The lowest BCUT2D eigenvalue weighted by Gasteiger charge is -2.13. The maximum atomic E-state index is 12.7.